The van der Waals surface area contributed by atoms with Crippen molar-refractivity contribution in [1.29, 1.82) is 0 Å². The molecule has 1 aromatic carbocycles. The molecule has 0 atom stereocenters. The van der Waals surface area contributed by atoms with Gasteiger partial charge in [0.2, 0.25) is 0 Å². The molecular formula is C8H6N6. The maximum absolute atomic E-state index is 8.21. The summed E-state index contributed by atoms with van der Waals surface area (Å²) < 4.78 is 1.76. The van der Waals surface area contributed by atoms with Crippen LogP contribution in [0.25, 0.3) is 16.1 Å². The molecule has 0 spiro atoms. The Morgan fingerprint density at radius 3 is 2.36 bits per heavy atom. The Hall–Kier alpha value is -2.33. The molecule has 1 heterocycles. The topological polar surface area (TPSA) is 79.5 Å². The number of benzene rings is 1. The minimum atomic E-state index is 0.587. The van der Waals surface area contributed by atoms with Crippen LogP contribution in [0.3, 0.4) is 0 Å². The average Bonchev–Trinajstić information content (AvgIpc) is 2.72. The number of aromatic nitrogens is 3. The van der Waals surface area contributed by atoms with Crippen LogP contribution in [-0.4, -0.2) is 14.8 Å². The lowest BCUT2D eigenvalue weighted by Crippen LogP contribution is -1.87. The third-order valence-electron chi connectivity index (χ3n) is 1.73. The van der Waals surface area contributed by atoms with E-state index in [1.54, 1.807) is 29.4 Å². The fourth-order valence-corrected chi connectivity index (χ4v) is 1.08. The van der Waals surface area contributed by atoms with E-state index in [0.717, 1.165) is 5.69 Å². The Bertz CT molecular complexity index is 451. The molecule has 0 aliphatic rings. The van der Waals surface area contributed by atoms with Gasteiger partial charge in [0.05, 0.1) is 0 Å². The third kappa shape index (κ3) is 1.55. The van der Waals surface area contributed by atoms with Crippen molar-refractivity contribution in [3.8, 4) is 5.69 Å². The fourth-order valence-electron chi connectivity index (χ4n) is 1.08. The largest absolute Gasteiger partial charge is 0.288 e. The summed E-state index contributed by atoms with van der Waals surface area (Å²) in [7, 11) is 0. The number of rotatable bonds is 2. The van der Waals surface area contributed by atoms with Gasteiger partial charge in [-0.05, 0) is 17.7 Å². The van der Waals surface area contributed by atoms with Crippen LogP contribution in [0.5, 0.6) is 0 Å². The van der Waals surface area contributed by atoms with Crippen LogP contribution >= 0.6 is 0 Å². The lowest BCUT2D eigenvalue weighted by atomic mass is 10.3. The van der Waals surface area contributed by atoms with Gasteiger partial charge in [0, 0.05) is 16.3 Å². The van der Waals surface area contributed by atoms with Gasteiger partial charge in [-0.25, -0.2) is 0 Å². The molecule has 14 heavy (non-hydrogen) atoms. The fraction of sp³-hybridized carbons (Fsp3) is 0. The predicted octanol–water partition coefficient (Wildman–Crippen LogP) is 2.21. The normalized spacial score (nSPS) is 9.43. The van der Waals surface area contributed by atoms with Gasteiger partial charge < -0.3 is 0 Å². The van der Waals surface area contributed by atoms with E-state index < -0.39 is 0 Å². The average molecular weight is 186 g/mol. The van der Waals surface area contributed by atoms with Crippen molar-refractivity contribution in [2.45, 2.75) is 0 Å². The molecule has 0 radical (unpaired) electrons. The maximum Gasteiger partial charge on any atom is 0.123 e. The summed E-state index contributed by atoms with van der Waals surface area (Å²) in [4.78, 5) is 2.69. The summed E-state index contributed by atoms with van der Waals surface area (Å²) in [6, 6.07) is 7.12. The van der Waals surface area contributed by atoms with Crippen molar-refractivity contribution in [3.63, 3.8) is 0 Å². The lowest BCUT2D eigenvalue weighted by Gasteiger charge is -1.99. The van der Waals surface area contributed by atoms with E-state index in [1.807, 2.05) is 12.1 Å². The van der Waals surface area contributed by atoms with Gasteiger partial charge >= 0.3 is 0 Å². The molecule has 68 valence electrons. The van der Waals surface area contributed by atoms with Gasteiger partial charge in [-0.2, -0.15) is 0 Å². The molecule has 2 aromatic rings. The van der Waals surface area contributed by atoms with Crippen LogP contribution in [0.4, 0.5) is 5.69 Å². The molecule has 6 heteroatoms. The highest BCUT2D eigenvalue weighted by Crippen LogP contribution is 2.15. The molecule has 0 aliphatic carbocycles. The number of hydrogen-bond acceptors (Lipinski definition) is 3. The number of nitrogens with zero attached hydrogens (tertiary/aromatic N) is 6. The first-order valence-corrected chi connectivity index (χ1v) is 3.90. The van der Waals surface area contributed by atoms with Crippen LogP contribution in [-0.2, 0) is 0 Å². The second kappa shape index (κ2) is 3.59. The quantitative estimate of drug-likeness (QED) is 0.409. The minimum Gasteiger partial charge on any atom is -0.288 e. The van der Waals surface area contributed by atoms with E-state index in [1.165, 1.54) is 0 Å². The SMILES string of the molecule is [N-]=[N+]=Nc1ccc(-n2cnnc2)cc1. The van der Waals surface area contributed by atoms with Gasteiger partial charge in [-0.15, -0.1) is 10.2 Å². The summed E-state index contributed by atoms with van der Waals surface area (Å²) in [5.74, 6) is 0. The summed E-state index contributed by atoms with van der Waals surface area (Å²) in [5, 5.41) is 10.8. The van der Waals surface area contributed by atoms with Crippen LogP contribution in [0.15, 0.2) is 42.0 Å². The van der Waals surface area contributed by atoms with E-state index in [-0.39, 0.29) is 0 Å². The standard InChI is InChI=1S/C8H6N6/c9-13-12-7-1-3-8(4-2-7)14-5-10-11-6-14/h1-6H. The second-order valence-corrected chi connectivity index (χ2v) is 2.57. The van der Waals surface area contributed by atoms with E-state index in [4.69, 9.17) is 5.53 Å². The summed E-state index contributed by atoms with van der Waals surface area (Å²) in [6.45, 7) is 0. The molecule has 6 nitrogen and oxygen atoms in total. The Morgan fingerprint density at radius 2 is 1.79 bits per heavy atom. The zero-order chi connectivity index (χ0) is 9.80. The van der Waals surface area contributed by atoms with Crippen LogP contribution < -0.4 is 0 Å². The molecule has 0 amide bonds. The molecule has 0 fully saturated rings. The Labute approximate surface area is 79.4 Å². The first-order valence-electron chi connectivity index (χ1n) is 3.90. The molecule has 2 rings (SSSR count). The zero-order valence-electron chi connectivity index (χ0n) is 7.15. The highest BCUT2D eigenvalue weighted by Gasteiger charge is 1.94. The van der Waals surface area contributed by atoms with E-state index >= 15 is 0 Å². The van der Waals surface area contributed by atoms with Crippen molar-refractivity contribution in [2.24, 2.45) is 5.11 Å². The van der Waals surface area contributed by atoms with Gasteiger partial charge in [-0.3, -0.25) is 4.57 Å². The number of azide groups is 1. The summed E-state index contributed by atoms with van der Waals surface area (Å²) in [6.07, 6.45) is 3.20. The van der Waals surface area contributed by atoms with E-state index in [9.17, 15) is 0 Å². The zero-order valence-corrected chi connectivity index (χ0v) is 7.15. The number of hydrogen-bond donors (Lipinski definition) is 0. The van der Waals surface area contributed by atoms with Gasteiger partial charge in [0.15, 0.2) is 0 Å². The Morgan fingerprint density at radius 1 is 1.14 bits per heavy atom. The second-order valence-electron chi connectivity index (χ2n) is 2.57. The smallest absolute Gasteiger partial charge is 0.123 e. The molecule has 0 aliphatic heterocycles. The Balaban J connectivity index is 2.35. The monoisotopic (exact) mass is 186 g/mol. The highest BCUT2D eigenvalue weighted by atomic mass is 15.2. The molecular weight excluding hydrogens is 180 g/mol. The molecule has 0 unspecified atom stereocenters. The van der Waals surface area contributed by atoms with Crippen LogP contribution in [0.1, 0.15) is 0 Å². The van der Waals surface area contributed by atoms with E-state index in [0.29, 0.717) is 5.69 Å². The Kier molecular flexibility index (Phi) is 2.12. The summed E-state index contributed by atoms with van der Waals surface area (Å²) in [5.41, 5.74) is 9.72. The van der Waals surface area contributed by atoms with Gasteiger partial charge in [-0.1, -0.05) is 17.2 Å². The first-order chi connectivity index (χ1) is 6.90. The molecule has 0 saturated heterocycles. The lowest BCUT2D eigenvalue weighted by molar-refractivity contribution is 1.06. The molecule has 0 N–H and O–H groups in total. The van der Waals surface area contributed by atoms with Crippen LogP contribution in [0, 0.1) is 0 Å². The third-order valence-corrected chi connectivity index (χ3v) is 1.73. The van der Waals surface area contributed by atoms with Crippen molar-refractivity contribution in [3.05, 3.63) is 47.4 Å². The van der Waals surface area contributed by atoms with Crippen molar-refractivity contribution in [1.82, 2.24) is 14.8 Å². The molecule has 1 aromatic heterocycles. The van der Waals surface area contributed by atoms with Crippen molar-refractivity contribution < 1.29 is 0 Å². The summed E-state index contributed by atoms with van der Waals surface area (Å²) >= 11 is 0. The van der Waals surface area contributed by atoms with Gasteiger partial charge in [0.25, 0.3) is 0 Å². The highest BCUT2D eigenvalue weighted by molar-refractivity contribution is 5.44. The van der Waals surface area contributed by atoms with Crippen LogP contribution in [0.2, 0.25) is 0 Å². The van der Waals surface area contributed by atoms with Gasteiger partial charge in [0.1, 0.15) is 12.7 Å². The first kappa shape index (κ1) is 8.28. The minimum absolute atomic E-state index is 0.587. The maximum atomic E-state index is 8.21. The van der Waals surface area contributed by atoms with Crippen molar-refractivity contribution in [2.75, 3.05) is 0 Å². The predicted molar refractivity (Wildman–Crippen MR) is 50.2 cm³/mol. The molecule has 0 bridgehead atoms. The van der Waals surface area contributed by atoms with E-state index in [2.05, 4.69) is 20.2 Å². The molecule has 0 saturated carbocycles. The van der Waals surface area contributed by atoms with Crippen molar-refractivity contribution >= 4 is 5.69 Å².